The van der Waals surface area contributed by atoms with Crippen LogP contribution in [0.5, 0.6) is 0 Å². The maximum Gasteiger partial charge on any atom is 0.151 e. The summed E-state index contributed by atoms with van der Waals surface area (Å²) < 4.78 is 14.9. The molecule has 3 aromatic heterocycles. The van der Waals surface area contributed by atoms with Gasteiger partial charge < -0.3 is 5.32 Å². The minimum Gasteiger partial charge on any atom is -0.324 e. The molecule has 1 aromatic carbocycles. The van der Waals surface area contributed by atoms with Gasteiger partial charge in [0.2, 0.25) is 0 Å². The van der Waals surface area contributed by atoms with Gasteiger partial charge in [-0.05, 0) is 19.1 Å². The smallest absolute Gasteiger partial charge is 0.151 e. The number of anilines is 2. The SMILES string of the molecule is Cc1cc(Nc2ncc(C#N)c3nc(-c4c(F)cccc4Cl)sc23)ncn1. The second-order valence-corrected chi connectivity index (χ2v) is 7.00. The number of nitrogens with zero attached hydrogens (tertiary/aromatic N) is 5. The molecule has 0 unspecified atom stereocenters. The summed E-state index contributed by atoms with van der Waals surface area (Å²) in [5.74, 6) is 0.548. The molecule has 0 saturated heterocycles. The van der Waals surface area contributed by atoms with Crippen molar-refractivity contribution < 1.29 is 4.39 Å². The first-order valence-electron chi connectivity index (χ1n) is 7.76. The third-order valence-corrected chi connectivity index (χ3v) is 5.16. The number of hydrogen-bond donors (Lipinski definition) is 1. The topological polar surface area (TPSA) is 87.4 Å². The molecule has 0 atom stereocenters. The van der Waals surface area contributed by atoms with Gasteiger partial charge in [0.15, 0.2) is 5.82 Å². The Morgan fingerprint density at radius 3 is 2.85 bits per heavy atom. The van der Waals surface area contributed by atoms with Crippen LogP contribution in [0, 0.1) is 24.1 Å². The number of thiazole rings is 1. The van der Waals surface area contributed by atoms with Gasteiger partial charge in [0.1, 0.15) is 34.6 Å². The van der Waals surface area contributed by atoms with E-state index in [9.17, 15) is 9.65 Å². The molecule has 0 radical (unpaired) electrons. The summed E-state index contributed by atoms with van der Waals surface area (Å²) in [6.07, 6.45) is 2.86. The zero-order valence-electron chi connectivity index (χ0n) is 13.9. The number of nitrogens with one attached hydrogen (secondary N) is 1. The van der Waals surface area contributed by atoms with Crippen molar-refractivity contribution in [2.45, 2.75) is 6.92 Å². The average Bonchev–Trinajstić information content (AvgIpc) is 3.07. The molecular formula is C18H10ClFN6S. The van der Waals surface area contributed by atoms with Gasteiger partial charge in [0.05, 0.1) is 20.8 Å². The number of nitriles is 1. The monoisotopic (exact) mass is 396 g/mol. The van der Waals surface area contributed by atoms with Crippen molar-refractivity contribution >= 4 is 44.8 Å². The first kappa shape index (κ1) is 17.3. The van der Waals surface area contributed by atoms with Crippen molar-refractivity contribution in [1.82, 2.24) is 19.9 Å². The van der Waals surface area contributed by atoms with Crippen LogP contribution in [0.15, 0.2) is 36.8 Å². The quantitative estimate of drug-likeness (QED) is 0.531. The van der Waals surface area contributed by atoms with Crippen molar-refractivity contribution in [2.75, 3.05) is 5.32 Å². The number of halogens is 2. The number of benzene rings is 1. The molecule has 0 aliphatic carbocycles. The Labute approximate surface area is 162 Å². The second kappa shape index (κ2) is 6.87. The molecule has 1 N–H and O–H groups in total. The van der Waals surface area contributed by atoms with Gasteiger partial charge in [-0.25, -0.2) is 24.3 Å². The lowest BCUT2D eigenvalue weighted by Gasteiger charge is -2.05. The average molecular weight is 397 g/mol. The number of aryl methyl sites for hydroxylation is 1. The largest absolute Gasteiger partial charge is 0.324 e. The molecule has 0 amide bonds. The minimum absolute atomic E-state index is 0.202. The number of aromatic nitrogens is 4. The molecule has 6 nitrogen and oxygen atoms in total. The first-order chi connectivity index (χ1) is 13.1. The van der Waals surface area contributed by atoms with E-state index in [-0.39, 0.29) is 10.6 Å². The lowest BCUT2D eigenvalue weighted by molar-refractivity contribution is 0.631. The lowest BCUT2D eigenvalue weighted by Crippen LogP contribution is -1.98. The number of fused-ring (bicyclic) bond motifs is 1. The highest BCUT2D eigenvalue weighted by Crippen LogP contribution is 2.39. The van der Waals surface area contributed by atoms with E-state index in [1.54, 1.807) is 12.1 Å². The normalized spacial score (nSPS) is 10.7. The predicted octanol–water partition coefficient (Wildman–Crippen LogP) is 4.86. The molecule has 0 aliphatic heterocycles. The van der Waals surface area contributed by atoms with Gasteiger partial charge in [-0.1, -0.05) is 17.7 Å². The van der Waals surface area contributed by atoms with Crippen LogP contribution in [0.2, 0.25) is 5.02 Å². The molecule has 0 bridgehead atoms. The van der Waals surface area contributed by atoms with E-state index in [0.29, 0.717) is 32.4 Å². The van der Waals surface area contributed by atoms with Crippen LogP contribution in [0.25, 0.3) is 20.8 Å². The molecule has 0 saturated carbocycles. The van der Waals surface area contributed by atoms with Crippen molar-refractivity contribution in [3.05, 3.63) is 58.9 Å². The van der Waals surface area contributed by atoms with Crippen LogP contribution in [0.1, 0.15) is 11.3 Å². The van der Waals surface area contributed by atoms with Crippen LogP contribution in [0.4, 0.5) is 16.0 Å². The zero-order chi connectivity index (χ0) is 19.0. The summed E-state index contributed by atoms with van der Waals surface area (Å²) >= 11 is 7.37. The lowest BCUT2D eigenvalue weighted by atomic mass is 10.2. The maximum atomic E-state index is 14.3. The number of rotatable bonds is 3. The van der Waals surface area contributed by atoms with Crippen LogP contribution >= 0.6 is 22.9 Å². The van der Waals surface area contributed by atoms with Gasteiger partial charge in [-0.15, -0.1) is 11.3 Å². The van der Waals surface area contributed by atoms with Crippen LogP contribution in [-0.2, 0) is 0 Å². The first-order valence-corrected chi connectivity index (χ1v) is 8.96. The van der Waals surface area contributed by atoms with Gasteiger partial charge in [0, 0.05) is 18.0 Å². The molecule has 0 fully saturated rings. The zero-order valence-corrected chi connectivity index (χ0v) is 15.4. The summed E-state index contributed by atoms with van der Waals surface area (Å²) in [7, 11) is 0. The molecule has 4 rings (SSSR count). The summed E-state index contributed by atoms with van der Waals surface area (Å²) in [5, 5.41) is 13.1. The van der Waals surface area contributed by atoms with Crippen molar-refractivity contribution in [3.63, 3.8) is 0 Å². The van der Waals surface area contributed by atoms with Gasteiger partial charge in [-0.2, -0.15) is 5.26 Å². The van der Waals surface area contributed by atoms with Crippen molar-refractivity contribution in [2.24, 2.45) is 0 Å². The fourth-order valence-corrected chi connectivity index (χ4v) is 3.94. The summed E-state index contributed by atoms with van der Waals surface area (Å²) in [4.78, 5) is 17.0. The highest BCUT2D eigenvalue weighted by atomic mass is 35.5. The van der Waals surface area contributed by atoms with Crippen molar-refractivity contribution in [1.29, 1.82) is 5.26 Å². The Kier molecular flexibility index (Phi) is 4.39. The van der Waals surface area contributed by atoms with E-state index in [1.165, 1.54) is 36.0 Å². The van der Waals surface area contributed by atoms with Crippen LogP contribution in [-0.4, -0.2) is 19.9 Å². The number of hydrogen-bond acceptors (Lipinski definition) is 7. The molecule has 4 aromatic rings. The maximum absolute atomic E-state index is 14.3. The molecular weight excluding hydrogens is 387 g/mol. The van der Waals surface area contributed by atoms with Gasteiger partial charge in [-0.3, -0.25) is 0 Å². The molecule has 0 spiro atoms. The van der Waals surface area contributed by atoms with E-state index in [2.05, 4.69) is 31.3 Å². The molecule has 3 heterocycles. The standard InChI is InChI=1S/C18H10ClFN6S/c1-9-5-13(24-8-23-9)25-17-16-15(10(6-21)7-22-17)26-18(27-16)14-11(19)3-2-4-12(14)20/h2-5,7-8H,1H3,(H,22,23,24,25). The third-order valence-electron chi connectivity index (χ3n) is 3.77. The fourth-order valence-electron chi connectivity index (χ4n) is 2.54. The molecule has 9 heteroatoms. The Morgan fingerprint density at radius 1 is 1.26 bits per heavy atom. The second-order valence-electron chi connectivity index (χ2n) is 5.60. The third kappa shape index (κ3) is 3.18. The van der Waals surface area contributed by atoms with Gasteiger partial charge in [0.25, 0.3) is 0 Å². The summed E-state index contributed by atoms with van der Waals surface area (Å²) in [6, 6.07) is 8.27. The Bertz CT molecular complexity index is 1200. The minimum atomic E-state index is -0.478. The molecule has 27 heavy (non-hydrogen) atoms. The van der Waals surface area contributed by atoms with E-state index in [4.69, 9.17) is 11.6 Å². The fraction of sp³-hybridized carbons (Fsp3) is 0.0556. The predicted molar refractivity (Wildman–Crippen MR) is 103 cm³/mol. The van der Waals surface area contributed by atoms with E-state index in [1.807, 2.05) is 6.92 Å². The Hall–Kier alpha value is -3.15. The Balaban J connectivity index is 1.90. The highest BCUT2D eigenvalue weighted by Gasteiger charge is 2.19. The summed E-state index contributed by atoms with van der Waals surface area (Å²) in [6.45, 7) is 1.85. The van der Waals surface area contributed by atoms with Crippen LogP contribution < -0.4 is 5.32 Å². The summed E-state index contributed by atoms with van der Waals surface area (Å²) in [5.41, 5.74) is 1.72. The van der Waals surface area contributed by atoms with Gasteiger partial charge >= 0.3 is 0 Å². The highest BCUT2D eigenvalue weighted by molar-refractivity contribution is 7.22. The van der Waals surface area contributed by atoms with E-state index < -0.39 is 5.82 Å². The van der Waals surface area contributed by atoms with Crippen LogP contribution in [0.3, 0.4) is 0 Å². The molecule has 132 valence electrons. The molecule has 0 aliphatic rings. The van der Waals surface area contributed by atoms with E-state index in [0.717, 1.165) is 5.69 Å². The van der Waals surface area contributed by atoms with Crippen molar-refractivity contribution in [3.8, 4) is 16.6 Å². The van der Waals surface area contributed by atoms with E-state index >= 15 is 0 Å². The number of pyridine rings is 1. The Morgan fingerprint density at radius 2 is 2.11 bits per heavy atom.